The maximum atomic E-state index is 13.6. The number of hydrogen-bond acceptors (Lipinski definition) is 4. The predicted octanol–water partition coefficient (Wildman–Crippen LogP) is 3.06. The molecule has 0 amide bonds. The molecule has 108 valence electrons. The highest BCUT2D eigenvalue weighted by Gasteiger charge is 2.42. The van der Waals surface area contributed by atoms with Gasteiger partial charge in [0, 0.05) is 23.4 Å². The van der Waals surface area contributed by atoms with Crippen LogP contribution in [0.3, 0.4) is 0 Å². The maximum Gasteiger partial charge on any atom is 0.234 e. The fourth-order valence-corrected chi connectivity index (χ4v) is 2.96. The molecule has 1 aliphatic carbocycles. The van der Waals surface area contributed by atoms with Crippen molar-refractivity contribution in [2.75, 3.05) is 0 Å². The first-order chi connectivity index (χ1) is 10.7. The van der Waals surface area contributed by atoms with E-state index in [2.05, 4.69) is 15.1 Å². The van der Waals surface area contributed by atoms with E-state index in [1.807, 2.05) is 12.1 Å². The molecule has 2 unspecified atom stereocenters. The quantitative estimate of drug-likeness (QED) is 0.729. The highest BCUT2D eigenvalue weighted by atomic mass is 35.5. The van der Waals surface area contributed by atoms with Crippen molar-refractivity contribution in [1.29, 1.82) is 5.26 Å². The smallest absolute Gasteiger partial charge is 0.234 e. The lowest BCUT2D eigenvalue weighted by molar-refractivity contribution is 0.548. The van der Waals surface area contributed by atoms with E-state index in [4.69, 9.17) is 16.9 Å². The molecule has 0 saturated heterocycles. The molecule has 0 bridgehead atoms. The van der Waals surface area contributed by atoms with Gasteiger partial charge in [-0.1, -0.05) is 11.6 Å². The Labute approximate surface area is 130 Å². The lowest BCUT2D eigenvalue weighted by Crippen LogP contribution is -1.99. The number of aromatic nitrogens is 4. The van der Waals surface area contributed by atoms with E-state index >= 15 is 0 Å². The van der Waals surface area contributed by atoms with Crippen LogP contribution in [0.4, 0.5) is 4.39 Å². The third-order valence-electron chi connectivity index (χ3n) is 3.91. The maximum absolute atomic E-state index is 13.6. The van der Waals surface area contributed by atoms with E-state index in [0.29, 0.717) is 11.2 Å². The van der Waals surface area contributed by atoms with Gasteiger partial charge in [0.05, 0.1) is 11.8 Å². The predicted molar refractivity (Wildman–Crippen MR) is 77.0 cm³/mol. The first-order valence-electron chi connectivity index (χ1n) is 6.73. The number of halogens is 2. The molecule has 4 rings (SSSR count). The molecule has 0 aliphatic heterocycles. The van der Waals surface area contributed by atoms with Gasteiger partial charge in [0.2, 0.25) is 5.95 Å². The Morgan fingerprint density at radius 3 is 2.86 bits per heavy atom. The zero-order chi connectivity index (χ0) is 15.3. The lowest BCUT2D eigenvalue weighted by atomic mass is 10.1. The number of fused-ring (bicyclic) bond motifs is 1. The molecule has 2 atom stereocenters. The van der Waals surface area contributed by atoms with E-state index in [0.717, 1.165) is 28.4 Å². The second-order valence-corrected chi connectivity index (χ2v) is 5.66. The minimum Gasteiger partial charge on any atom is -0.260 e. The molecule has 3 heterocycles. The van der Waals surface area contributed by atoms with Crippen molar-refractivity contribution >= 4 is 17.2 Å². The topological polar surface area (TPSA) is 66.9 Å². The SMILES string of the molecule is N#Cc1ccc(C2CC2c2cc(Cl)nn3c(F)cnc23)nc1. The number of pyridine rings is 1. The summed E-state index contributed by atoms with van der Waals surface area (Å²) < 4.78 is 14.8. The first kappa shape index (κ1) is 13.2. The molecule has 22 heavy (non-hydrogen) atoms. The summed E-state index contributed by atoms with van der Waals surface area (Å²) in [6.45, 7) is 0. The first-order valence-corrected chi connectivity index (χ1v) is 7.11. The van der Waals surface area contributed by atoms with Crippen LogP contribution in [0.5, 0.6) is 0 Å². The Balaban J connectivity index is 1.71. The Morgan fingerprint density at radius 1 is 1.27 bits per heavy atom. The number of nitriles is 1. The summed E-state index contributed by atoms with van der Waals surface area (Å²) in [7, 11) is 0. The molecule has 0 radical (unpaired) electrons. The van der Waals surface area contributed by atoms with Gasteiger partial charge in [0.1, 0.15) is 6.07 Å². The van der Waals surface area contributed by atoms with Gasteiger partial charge >= 0.3 is 0 Å². The van der Waals surface area contributed by atoms with Crippen LogP contribution in [0, 0.1) is 17.3 Å². The summed E-state index contributed by atoms with van der Waals surface area (Å²) in [6.07, 6.45) is 3.60. The van der Waals surface area contributed by atoms with E-state index in [1.165, 1.54) is 0 Å². The van der Waals surface area contributed by atoms with Gasteiger partial charge in [-0.3, -0.25) is 4.98 Å². The molecule has 3 aromatic heterocycles. The number of hydrogen-bond donors (Lipinski definition) is 0. The van der Waals surface area contributed by atoms with E-state index < -0.39 is 5.95 Å². The second kappa shape index (κ2) is 4.75. The van der Waals surface area contributed by atoms with Crippen LogP contribution in [0.15, 0.2) is 30.6 Å². The fourth-order valence-electron chi connectivity index (χ4n) is 2.76. The Morgan fingerprint density at radius 2 is 2.14 bits per heavy atom. The van der Waals surface area contributed by atoms with Gasteiger partial charge in [0.25, 0.3) is 0 Å². The minimum absolute atomic E-state index is 0.185. The molecular formula is C15H9ClFN5. The van der Waals surface area contributed by atoms with Crippen molar-refractivity contribution in [2.45, 2.75) is 18.3 Å². The van der Waals surface area contributed by atoms with Crippen molar-refractivity contribution in [3.05, 3.63) is 58.5 Å². The minimum atomic E-state index is -0.535. The largest absolute Gasteiger partial charge is 0.260 e. The van der Waals surface area contributed by atoms with Crippen molar-refractivity contribution < 1.29 is 4.39 Å². The van der Waals surface area contributed by atoms with Crippen LogP contribution in [0.25, 0.3) is 5.65 Å². The van der Waals surface area contributed by atoms with E-state index in [-0.39, 0.29) is 17.0 Å². The molecule has 1 aliphatic rings. The van der Waals surface area contributed by atoms with Crippen LogP contribution in [-0.2, 0) is 0 Å². The lowest BCUT2D eigenvalue weighted by Gasteiger charge is -2.04. The van der Waals surface area contributed by atoms with Gasteiger partial charge in [-0.2, -0.15) is 19.3 Å². The van der Waals surface area contributed by atoms with Crippen LogP contribution >= 0.6 is 11.6 Å². The van der Waals surface area contributed by atoms with Crippen molar-refractivity contribution in [3.63, 3.8) is 0 Å². The third kappa shape index (κ3) is 2.02. The fraction of sp³-hybridized carbons (Fsp3) is 0.200. The molecule has 3 aromatic rings. The van der Waals surface area contributed by atoms with Crippen LogP contribution < -0.4 is 0 Å². The summed E-state index contributed by atoms with van der Waals surface area (Å²) in [5.74, 6) is -0.118. The molecule has 0 aromatic carbocycles. The van der Waals surface area contributed by atoms with Crippen molar-refractivity contribution in [3.8, 4) is 6.07 Å². The zero-order valence-electron chi connectivity index (χ0n) is 11.2. The van der Waals surface area contributed by atoms with E-state index in [1.54, 1.807) is 18.3 Å². The van der Waals surface area contributed by atoms with Gasteiger partial charge < -0.3 is 0 Å². The molecule has 0 spiro atoms. The van der Waals surface area contributed by atoms with Gasteiger partial charge in [-0.05, 0) is 30.5 Å². The Kier molecular flexibility index (Phi) is 2.84. The normalized spacial score (nSPS) is 20.0. The highest BCUT2D eigenvalue weighted by Crippen LogP contribution is 2.55. The molecule has 0 N–H and O–H groups in total. The molecule has 5 nitrogen and oxygen atoms in total. The number of rotatable bonds is 2. The van der Waals surface area contributed by atoms with Gasteiger partial charge in [0.15, 0.2) is 10.8 Å². The molecule has 1 fully saturated rings. The average Bonchev–Trinajstić information content (AvgIpc) is 3.25. The summed E-state index contributed by atoms with van der Waals surface area (Å²) >= 11 is 5.98. The summed E-state index contributed by atoms with van der Waals surface area (Å²) in [5.41, 5.74) is 2.82. The van der Waals surface area contributed by atoms with Crippen molar-refractivity contribution in [1.82, 2.24) is 19.6 Å². The molecular weight excluding hydrogens is 305 g/mol. The number of imidazole rings is 1. The zero-order valence-corrected chi connectivity index (χ0v) is 12.0. The number of nitrogens with zero attached hydrogens (tertiary/aromatic N) is 5. The monoisotopic (exact) mass is 313 g/mol. The second-order valence-electron chi connectivity index (χ2n) is 5.27. The average molecular weight is 314 g/mol. The Bertz CT molecular complexity index is 912. The summed E-state index contributed by atoms with van der Waals surface area (Å²) in [5, 5.41) is 13.0. The third-order valence-corrected chi connectivity index (χ3v) is 4.09. The molecule has 1 saturated carbocycles. The van der Waals surface area contributed by atoms with Crippen LogP contribution in [0.2, 0.25) is 5.15 Å². The van der Waals surface area contributed by atoms with Gasteiger partial charge in [-0.15, -0.1) is 0 Å². The highest BCUT2D eigenvalue weighted by molar-refractivity contribution is 6.29. The summed E-state index contributed by atoms with van der Waals surface area (Å²) in [6, 6.07) is 7.39. The van der Waals surface area contributed by atoms with Crippen LogP contribution in [-0.4, -0.2) is 19.6 Å². The Hall–Kier alpha value is -2.52. The summed E-state index contributed by atoms with van der Waals surface area (Å²) in [4.78, 5) is 8.40. The molecule has 7 heteroatoms. The van der Waals surface area contributed by atoms with E-state index in [9.17, 15) is 4.39 Å². The van der Waals surface area contributed by atoms with Crippen molar-refractivity contribution in [2.24, 2.45) is 0 Å². The van der Waals surface area contributed by atoms with Gasteiger partial charge in [-0.25, -0.2) is 4.98 Å². The standard InChI is InChI=1S/C15H9ClFN5/c16-13-4-11(15-20-7-14(17)22(15)21-13)9-3-10(9)12-2-1-8(5-18)6-19-12/h1-2,4,6-7,9-10H,3H2. The van der Waals surface area contributed by atoms with Crippen LogP contribution in [0.1, 0.15) is 35.1 Å².